The van der Waals surface area contributed by atoms with Crippen LogP contribution in [0.2, 0.25) is 0 Å². The maximum Gasteiger partial charge on any atom is 0.271 e. The first kappa shape index (κ1) is 20.9. The molecule has 31 heavy (non-hydrogen) atoms. The van der Waals surface area contributed by atoms with E-state index in [2.05, 4.69) is 34.7 Å². The number of hydrogen-bond acceptors (Lipinski definition) is 6. The van der Waals surface area contributed by atoms with Crippen LogP contribution in [0.5, 0.6) is 0 Å². The molecule has 1 saturated carbocycles. The molecule has 2 fully saturated rings. The number of rotatable bonds is 8. The Hall–Kier alpha value is -1.99. The average Bonchev–Trinajstić information content (AvgIpc) is 3.52. The highest BCUT2D eigenvalue weighted by molar-refractivity contribution is 7.25. The van der Waals surface area contributed by atoms with Gasteiger partial charge >= 0.3 is 0 Å². The van der Waals surface area contributed by atoms with E-state index in [0.29, 0.717) is 0 Å². The summed E-state index contributed by atoms with van der Waals surface area (Å²) in [6.07, 6.45) is 10.7. The van der Waals surface area contributed by atoms with Gasteiger partial charge in [-0.15, -0.1) is 11.3 Å². The van der Waals surface area contributed by atoms with Crippen molar-refractivity contribution in [2.24, 2.45) is 5.92 Å². The molecule has 1 unspecified atom stereocenters. The Morgan fingerprint density at radius 3 is 2.68 bits per heavy atom. The Kier molecular flexibility index (Phi) is 5.97. The van der Waals surface area contributed by atoms with Gasteiger partial charge in [-0.2, -0.15) is 0 Å². The number of fused-ring (bicyclic) bond motifs is 3. The normalized spacial score (nSPS) is 18.8. The molecule has 5 rings (SSSR count). The smallest absolute Gasteiger partial charge is 0.271 e. The second kappa shape index (κ2) is 8.87. The number of unbranched alkanes of at least 4 members (excludes halogenated alkanes) is 1. The van der Waals surface area contributed by atoms with Gasteiger partial charge in [0.05, 0.1) is 22.9 Å². The first-order valence-corrected chi connectivity index (χ1v) is 12.8. The monoisotopic (exact) mass is 439 g/mol. The number of anilines is 1. The summed E-state index contributed by atoms with van der Waals surface area (Å²) in [5.41, 5.74) is 2.11. The molecule has 6 nitrogen and oxygen atoms in total. The molecule has 0 amide bonds. The van der Waals surface area contributed by atoms with Gasteiger partial charge in [0.25, 0.3) is 5.56 Å². The van der Waals surface area contributed by atoms with Crippen molar-refractivity contribution in [1.29, 1.82) is 0 Å². The largest absolute Gasteiger partial charge is 0.368 e. The molecule has 7 heteroatoms. The van der Waals surface area contributed by atoms with Crippen molar-refractivity contribution in [3.05, 3.63) is 28.9 Å². The van der Waals surface area contributed by atoms with Crippen LogP contribution in [0.4, 0.5) is 5.69 Å². The molecule has 4 heterocycles. The molecule has 2 aliphatic rings. The third-order valence-electron chi connectivity index (χ3n) is 6.97. The molecule has 1 atom stereocenters. The summed E-state index contributed by atoms with van der Waals surface area (Å²) in [4.78, 5) is 28.8. The standard InChI is InChI=1S/C24H33N5OS/c1-3-5-6-18(4-2)29-16-26-21-20-19(9-10-25-23(20)31-22(21)24(29)30)28-13-11-27(12-14-28)15-17-7-8-17/h9-10,16-18H,3-8,11-15H2,1-2H3. The van der Waals surface area contributed by atoms with Gasteiger partial charge in [-0.3, -0.25) is 14.3 Å². The van der Waals surface area contributed by atoms with Gasteiger partial charge in [0.1, 0.15) is 9.53 Å². The molecule has 0 bridgehead atoms. The van der Waals surface area contributed by atoms with Crippen LogP contribution < -0.4 is 10.5 Å². The van der Waals surface area contributed by atoms with Crippen LogP contribution in [0.15, 0.2) is 23.4 Å². The van der Waals surface area contributed by atoms with Crippen molar-refractivity contribution in [2.45, 2.75) is 58.4 Å². The van der Waals surface area contributed by atoms with E-state index < -0.39 is 0 Å². The van der Waals surface area contributed by atoms with Gasteiger partial charge in [0.15, 0.2) is 0 Å². The summed E-state index contributed by atoms with van der Waals surface area (Å²) in [6.45, 7) is 9.88. The summed E-state index contributed by atoms with van der Waals surface area (Å²) >= 11 is 1.51. The fourth-order valence-electron chi connectivity index (χ4n) is 4.89. The molecule has 1 saturated heterocycles. The Bertz CT molecular complexity index is 1110. The molecule has 3 aromatic heterocycles. The molecule has 0 aromatic carbocycles. The zero-order valence-electron chi connectivity index (χ0n) is 18.7. The highest BCUT2D eigenvalue weighted by Crippen LogP contribution is 2.37. The van der Waals surface area contributed by atoms with Crippen LogP contribution in [0.25, 0.3) is 20.4 Å². The summed E-state index contributed by atoms with van der Waals surface area (Å²) in [6, 6.07) is 2.33. The highest BCUT2D eigenvalue weighted by Gasteiger charge is 2.27. The Labute approximate surface area is 187 Å². The molecule has 166 valence electrons. The van der Waals surface area contributed by atoms with E-state index in [1.165, 1.54) is 36.4 Å². The minimum atomic E-state index is 0.0937. The number of piperazine rings is 1. The van der Waals surface area contributed by atoms with Crippen molar-refractivity contribution in [3.8, 4) is 0 Å². The lowest BCUT2D eigenvalue weighted by Crippen LogP contribution is -2.47. The van der Waals surface area contributed by atoms with Crippen LogP contribution in [0.1, 0.15) is 58.4 Å². The van der Waals surface area contributed by atoms with Crippen LogP contribution in [-0.4, -0.2) is 52.2 Å². The molecule has 0 spiro atoms. The number of thiophene rings is 1. The number of nitrogens with zero attached hydrogens (tertiary/aromatic N) is 5. The fraction of sp³-hybridized carbons (Fsp3) is 0.625. The fourth-order valence-corrected chi connectivity index (χ4v) is 5.94. The van der Waals surface area contributed by atoms with Crippen LogP contribution in [0, 0.1) is 5.92 Å². The first-order chi connectivity index (χ1) is 15.2. The topological polar surface area (TPSA) is 54.3 Å². The van der Waals surface area contributed by atoms with Crippen molar-refractivity contribution < 1.29 is 0 Å². The van der Waals surface area contributed by atoms with Gasteiger partial charge in [0, 0.05) is 45.0 Å². The van der Waals surface area contributed by atoms with E-state index in [0.717, 1.165) is 78.2 Å². The zero-order valence-corrected chi connectivity index (χ0v) is 19.5. The van der Waals surface area contributed by atoms with Gasteiger partial charge in [-0.05, 0) is 37.7 Å². The van der Waals surface area contributed by atoms with Gasteiger partial charge < -0.3 is 4.90 Å². The van der Waals surface area contributed by atoms with Crippen LogP contribution >= 0.6 is 11.3 Å². The van der Waals surface area contributed by atoms with Gasteiger partial charge in [-0.1, -0.05) is 26.7 Å². The molecular weight excluding hydrogens is 406 g/mol. The average molecular weight is 440 g/mol. The summed E-state index contributed by atoms with van der Waals surface area (Å²) < 4.78 is 2.61. The molecule has 0 radical (unpaired) electrons. The molecular formula is C24H33N5OS. The third-order valence-corrected chi connectivity index (χ3v) is 8.04. The number of aromatic nitrogens is 3. The lowest BCUT2D eigenvalue weighted by molar-refractivity contribution is 0.248. The maximum absolute atomic E-state index is 13.4. The van der Waals surface area contributed by atoms with E-state index in [4.69, 9.17) is 4.98 Å². The lowest BCUT2D eigenvalue weighted by atomic mass is 10.1. The third kappa shape index (κ3) is 4.10. The zero-order chi connectivity index (χ0) is 21.4. The Morgan fingerprint density at radius 1 is 1.16 bits per heavy atom. The minimum absolute atomic E-state index is 0.0937. The Morgan fingerprint density at radius 2 is 1.97 bits per heavy atom. The second-order valence-corrected chi connectivity index (χ2v) is 10.2. The lowest BCUT2D eigenvalue weighted by Gasteiger charge is -2.36. The summed E-state index contributed by atoms with van der Waals surface area (Å²) in [5, 5.41) is 1.06. The van der Waals surface area contributed by atoms with Crippen molar-refractivity contribution in [2.75, 3.05) is 37.6 Å². The Balaban J connectivity index is 1.48. The summed E-state index contributed by atoms with van der Waals surface area (Å²) in [7, 11) is 0. The van der Waals surface area contributed by atoms with Gasteiger partial charge in [0.2, 0.25) is 0 Å². The van der Waals surface area contributed by atoms with Gasteiger partial charge in [-0.25, -0.2) is 9.97 Å². The quantitative estimate of drug-likeness (QED) is 0.510. The van der Waals surface area contributed by atoms with Crippen LogP contribution in [0.3, 0.4) is 0 Å². The highest BCUT2D eigenvalue weighted by atomic mass is 32.1. The minimum Gasteiger partial charge on any atom is -0.368 e. The predicted octanol–water partition coefficient (Wildman–Crippen LogP) is 4.68. The van der Waals surface area contributed by atoms with E-state index >= 15 is 0 Å². The van der Waals surface area contributed by atoms with E-state index in [1.807, 2.05) is 10.8 Å². The second-order valence-electron chi connectivity index (χ2n) is 9.18. The maximum atomic E-state index is 13.4. The van der Waals surface area contributed by atoms with E-state index in [1.54, 1.807) is 6.33 Å². The van der Waals surface area contributed by atoms with E-state index in [9.17, 15) is 4.79 Å². The number of pyridine rings is 1. The van der Waals surface area contributed by atoms with Crippen molar-refractivity contribution in [3.63, 3.8) is 0 Å². The van der Waals surface area contributed by atoms with Crippen LogP contribution in [-0.2, 0) is 0 Å². The predicted molar refractivity (Wildman–Crippen MR) is 129 cm³/mol. The first-order valence-electron chi connectivity index (χ1n) is 11.9. The number of hydrogen-bond donors (Lipinski definition) is 0. The van der Waals surface area contributed by atoms with Crippen molar-refractivity contribution >= 4 is 37.5 Å². The van der Waals surface area contributed by atoms with Crippen molar-refractivity contribution in [1.82, 2.24) is 19.4 Å². The molecule has 3 aromatic rings. The molecule has 0 N–H and O–H groups in total. The molecule has 1 aliphatic heterocycles. The molecule has 1 aliphatic carbocycles. The van der Waals surface area contributed by atoms with E-state index in [-0.39, 0.29) is 11.6 Å². The summed E-state index contributed by atoms with van der Waals surface area (Å²) in [5.74, 6) is 0.940. The SMILES string of the molecule is CCCCC(CC)n1cnc2c(sc3nccc(N4CCN(CC5CC5)CC4)c32)c1=O.